The Hall–Kier alpha value is -3.75. The molecule has 5 heteroatoms. The molecule has 0 N–H and O–H groups in total. The highest BCUT2D eigenvalue weighted by Gasteiger charge is 2.31. The van der Waals surface area contributed by atoms with E-state index in [0.29, 0.717) is 6.54 Å². The van der Waals surface area contributed by atoms with Gasteiger partial charge < -0.3 is 14.2 Å². The van der Waals surface area contributed by atoms with Gasteiger partial charge >= 0.3 is 0 Å². The molecule has 2 aliphatic heterocycles. The normalized spacial score (nSPS) is 17.8. The smallest absolute Gasteiger partial charge is 0.231 e. The summed E-state index contributed by atoms with van der Waals surface area (Å²) in [5.74, 6) is 2.25. The van der Waals surface area contributed by atoms with Crippen LogP contribution in [-0.4, -0.2) is 31.9 Å². The first-order valence-electron chi connectivity index (χ1n) is 10.7. The zero-order valence-electron chi connectivity index (χ0n) is 18.0. The standard InChI is InChI=1S/C27H24N2O3/c1-30-22-10-7-20(8-11-22)24-16-29(15-19-5-3-2-4-6-19)17-25(23(24)14-28)21-9-12-26-27(13-21)32-18-31-26/h2-13,25H,15-18H2,1H3. The van der Waals surface area contributed by atoms with E-state index in [0.717, 1.165) is 52.6 Å². The van der Waals surface area contributed by atoms with Crippen LogP contribution >= 0.6 is 0 Å². The molecular formula is C27H24N2O3. The van der Waals surface area contributed by atoms with Gasteiger partial charge in [-0.1, -0.05) is 48.5 Å². The Balaban J connectivity index is 1.56. The first-order chi connectivity index (χ1) is 15.7. The topological polar surface area (TPSA) is 54.7 Å². The molecule has 32 heavy (non-hydrogen) atoms. The minimum Gasteiger partial charge on any atom is -0.497 e. The van der Waals surface area contributed by atoms with Crippen LogP contribution in [0.3, 0.4) is 0 Å². The Kier molecular flexibility index (Phi) is 5.53. The van der Waals surface area contributed by atoms with Gasteiger partial charge in [-0.25, -0.2) is 0 Å². The molecule has 0 saturated carbocycles. The number of nitriles is 1. The molecule has 1 unspecified atom stereocenters. The summed E-state index contributed by atoms with van der Waals surface area (Å²) < 4.78 is 16.4. The number of methoxy groups -OCH3 is 1. The van der Waals surface area contributed by atoms with Crippen molar-refractivity contribution in [3.63, 3.8) is 0 Å². The molecule has 0 aliphatic carbocycles. The highest BCUT2D eigenvalue weighted by molar-refractivity contribution is 5.76. The molecule has 0 radical (unpaired) electrons. The molecule has 0 spiro atoms. The summed E-state index contributed by atoms with van der Waals surface area (Å²) in [6, 6.07) is 27.0. The summed E-state index contributed by atoms with van der Waals surface area (Å²) in [4.78, 5) is 2.41. The van der Waals surface area contributed by atoms with Crippen molar-refractivity contribution in [1.29, 1.82) is 5.26 Å². The molecule has 2 heterocycles. The van der Waals surface area contributed by atoms with Gasteiger partial charge in [0.1, 0.15) is 5.75 Å². The van der Waals surface area contributed by atoms with Gasteiger partial charge in [0.2, 0.25) is 6.79 Å². The van der Waals surface area contributed by atoms with Crippen molar-refractivity contribution in [3.05, 3.63) is 95.1 Å². The third kappa shape index (κ3) is 3.93. The van der Waals surface area contributed by atoms with E-state index in [2.05, 4.69) is 35.2 Å². The first kappa shape index (κ1) is 20.2. The summed E-state index contributed by atoms with van der Waals surface area (Å²) in [6.07, 6.45) is 0. The minimum atomic E-state index is -0.0518. The second-order valence-corrected chi connectivity index (χ2v) is 8.05. The van der Waals surface area contributed by atoms with Crippen LogP contribution in [0.2, 0.25) is 0 Å². The van der Waals surface area contributed by atoms with Crippen molar-refractivity contribution >= 4 is 5.57 Å². The van der Waals surface area contributed by atoms with Crippen LogP contribution in [-0.2, 0) is 6.54 Å². The van der Waals surface area contributed by atoms with Crippen LogP contribution in [0.1, 0.15) is 22.6 Å². The van der Waals surface area contributed by atoms with Crippen LogP contribution < -0.4 is 14.2 Å². The number of hydrogen-bond acceptors (Lipinski definition) is 5. The number of rotatable bonds is 5. The fourth-order valence-electron chi connectivity index (χ4n) is 4.48. The molecule has 0 bridgehead atoms. The van der Waals surface area contributed by atoms with Gasteiger partial charge in [-0.05, 0) is 46.5 Å². The Labute approximate surface area is 188 Å². The number of nitrogens with zero attached hydrogens (tertiary/aromatic N) is 2. The van der Waals surface area contributed by atoms with E-state index in [4.69, 9.17) is 14.2 Å². The fourth-order valence-corrected chi connectivity index (χ4v) is 4.48. The summed E-state index contributed by atoms with van der Waals surface area (Å²) >= 11 is 0. The van der Waals surface area contributed by atoms with Crippen LogP contribution in [0.15, 0.2) is 78.4 Å². The molecular weight excluding hydrogens is 400 g/mol. The van der Waals surface area contributed by atoms with Crippen molar-refractivity contribution in [2.24, 2.45) is 0 Å². The zero-order valence-corrected chi connectivity index (χ0v) is 18.0. The lowest BCUT2D eigenvalue weighted by molar-refractivity contribution is 0.174. The lowest BCUT2D eigenvalue weighted by Gasteiger charge is -2.35. The van der Waals surface area contributed by atoms with Crippen molar-refractivity contribution in [1.82, 2.24) is 4.90 Å². The van der Waals surface area contributed by atoms with E-state index in [1.807, 2.05) is 48.5 Å². The third-order valence-corrected chi connectivity index (χ3v) is 6.10. The Morgan fingerprint density at radius 3 is 2.53 bits per heavy atom. The molecule has 0 aromatic heterocycles. The Morgan fingerprint density at radius 2 is 1.78 bits per heavy atom. The number of hydrogen-bond donors (Lipinski definition) is 0. The highest BCUT2D eigenvalue weighted by atomic mass is 16.7. The summed E-state index contributed by atoms with van der Waals surface area (Å²) in [5, 5.41) is 10.2. The van der Waals surface area contributed by atoms with E-state index < -0.39 is 0 Å². The molecule has 0 amide bonds. The van der Waals surface area contributed by atoms with Gasteiger partial charge in [-0.15, -0.1) is 0 Å². The molecule has 0 fully saturated rings. The van der Waals surface area contributed by atoms with Gasteiger partial charge in [0, 0.05) is 31.1 Å². The maximum absolute atomic E-state index is 10.2. The Morgan fingerprint density at radius 1 is 1.00 bits per heavy atom. The van der Waals surface area contributed by atoms with Crippen LogP contribution in [0.25, 0.3) is 5.57 Å². The quantitative estimate of drug-likeness (QED) is 0.577. The minimum absolute atomic E-state index is 0.0518. The Bertz CT molecular complexity index is 1180. The van der Waals surface area contributed by atoms with E-state index >= 15 is 0 Å². The zero-order chi connectivity index (χ0) is 21.9. The maximum atomic E-state index is 10.2. The maximum Gasteiger partial charge on any atom is 0.231 e. The molecule has 5 rings (SSSR count). The molecule has 2 aliphatic rings. The number of benzene rings is 3. The van der Waals surface area contributed by atoms with Crippen molar-refractivity contribution in [3.8, 4) is 23.3 Å². The molecule has 3 aromatic carbocycles. The van der Waals surface area contributed by atoms with E-state index in [9.17, 15) is 5.26 Å². The van der Waals surface area contributed by atoms with Gasteiger partial charge in [-0.3, -0.25) is 4.90 Å². The first-order valence-corrected chi connectivity index (χ1v) is 10.7. The summed E-state index contributed by atoms with van der Waals surface area (Å²) in [6.45, 7) is 2.53. The average molecular weight is 425 g/mol. The lowest BCUT2D eigenvalue weighted by atomic mass is 9.82. The molecule has 3 aromatic rings. The van der Waals surface area contributed by atoms with E-state index in [-0.39, 0.29) is 12.7 Å². The average Bonchev–Trinajstić information content (AvgIpc) is 3.32. The summed E-state index contributed by atoms with van der Waals surface area (Å²) in [5.41, 5.74) is 5.23. The van der Waals surface area contributed by atoms with Crippen LogP contribution in [0, 0.1) is 11.3 Å². The monoisotopic (exact) mass is 424 g/mol. The predicted octanol–water partition coefficient (Wildman–Crippen LogP) is 5.00. The van der Waals surface area contributed by atoms with E-state index in [1.165, 1.54) is 5.56 Å². The second-order valence-electron chi connectivity index (χ2n) is 8.05. The number of ether oxygens (including phenoxy) is 3. The predicted molar refractivity (Wildman–Crippen MR) is 123 cm³/mol. The van der Waals surface area contributed by atoms with Gasteiger partial charge in [0.25, 0.3) is 0 Å². The SMILES string of the molecule is COc1ccc(C2=C(C#N)C(c3ccc4c(c3)OCO4)CN(Cc3ccccc3)C2)cc1. The van der Waals surface area contributed by atoms with Crippen LogP contribution in [0.4, 0.5) is 0 Å². The van der Waals surface area contributed by atoms with Gasteiger partial charge in [0.05, 0.1) is 13.2 Å². The van der Waals surface area contributed by atoms with E-state index in [1.54, 1.807) is 7.11 Å². The van der Waals surface area contributed by atoms with Crippen molar-refractivity contribution in [2.45, 2.75) is 12.5 Å². The third-order valence-electron chi connectivity index (χ3n) is 6.10. The largest absolute Gasteiger partial charge is 0.497 e. The summed E-state index contributed by atoms with van der Waals surface area (Å²) in [7, 11) is 1.66. The fraction of sp³-hybridized carbons (Fsp3) is 0.222. The van der Waals surface area contributed by atoms with Gasteiger partial charge in [0.15, 0.2) is 11.5 Å². The molecule has 1 atom stereocenters. The van der Waals surface area contributed by atoms with Gasteiger partial charge in [-0.2, -0.15) is 5.26 Å². The molecule has 5 nitrogen and oxygen atoms in total. The van der Waals surface area contributed by atoms with Crippen molar-refractivity contribution < 1.29 is 14.2 Å². The molecule has 160 valence electrons. The van der Waals surface area contributed by atoms with Crippen LogP contribution in [0.5, 0.6) is 17.2 Å². The van der Waals surface area contributed by atoms with Crippen molar-refractivity contribution in [2.75, 3.05) is 27.0 Å². The highest BCUT2D eigenvalue weighted by Crippen LogP contribution is 2.41. The number of fused-ring (bicyclic) bond motifs is 1. The second kappa shape index (κ2) is 8.78. The lowest BCUT2D eigenvalue weighted by Crippen LogP contribution is -2.35. The molecule has 0 saturated heterocycles.